The molecule has 0 saturated carbocycles. The van der Waals surface area contributed by atoms with Crippen molar-refractivity contribution >= 4 is 47.4 Å². The SMILES string of the molecule is CN=C(NCCc1cccc(Cl)c1)NCCc1cccc(C(=O)NC)c1.I. The van der Waals surface area contributed by atoms with Crippen molar-refractivity contribution in [1.29, 1.82) is 0 Å². The fourth-order valence-electron chi connectivity index (χ4n) is 2.58. The number of aliphatic imine (C=N–C) groups is 1. The highest BCUT2D eigenvalue weighted by atomic mass is 127. The van der Waals surface area contributed by atoms with Gasteiger partial charge in [0.15, 0.2) is 5.96 Å². The van der Waals surface area contributed by atoms with Crippen molar-refractivity contribution < 1.29 is 4.79 Å². The van der Waals surface area contributed by atoms with E-state index in [9.17, 15) is 4.79 Å². The van der Waals surface area contributed by atoms with Crippen LogP contribution < -0.4 is 16.0 Å². The molecule has 3 N–H and O–H groups in total. The molecule has 2 aromatic carbocycles. The van der Waals surface area contributed by atoms with E-state index in [1.807, 2.05) is 42.5 Å². The molecule has 0 fully saturated rings. The van der Waals surface area contributed by atoms with Gasteiger partial charge in [-0.15, -0.1) is 24.0 Å². The highest BCUT2D eigenvalue weighted by Crippen LogP contribution is 2.10. The lowest BCUT2D eigenvalue weighted by Gasteiger charge is -2.12. The summed E-state index contributed by atoms with van der Waals surface area (Å²) in [4.78, 5) is 15.9. The Morgan fingerprint density at radius 2 is 1.59 bits per heavy atom. The first-order valence-corrected chi connectivity index (χ1v) is 9.00. The molecule has 0 aliphatic rings. The number of guanidine groups is 1. The van der Waals surface area contributed by atoms with Gasteiger partial charge >= 0.3 is 0 Å². The van der Waals surface area contributed by atoms with Crippen molar-refractivity contribution in [2.24, 2.45) is 4.99 Å². The van der Waals surface area contributed by atoms with Gasteiger partial charge in [-0.2, -0.15) is 0 Å². The third-order valence-corrected chi connectivity index (χ3v) is 4.18. The Morgan fingerprint density at radius 3 is 2.15 bits per heavy atom. The summed E-state index contributed by atoms with van der Waals surface area (Å²) in [5.74, 6) is 0.688. The van der Waals surface area contributed by atoms with E-state index in [1.165, 1.54) is 5.56 Å². The summed E-state index contributed by atoms with van der Waals surface area (Å²) in [6.07, 6.45) is 1.68. The molecule has 0 aliphatic carbocycles. The van der Waals surface area contributed by atoms with Crippen molar-refractivity contribution in [3.05, 3.63) is 70.2 Å². The maximum absolute atomic E-state index is 11.7. The maximum Gasteiger partial charge on any atom is 0.251 e. The maximum atomic E-state index is 11.7. The normalized spacial score (nSPS) is 10.7. The highest BCUT2D eigenvalue weighted by molar-refractivity contribution is 14.0. The second-order valence-electron chi connectivity index (χ2n) is 5.84. The summed E-state index contributed by atoms with van der Waals surface area (Å²) in [6.45, 7) is 1.50. The van der Waals surface area contributed by atoms with Gasteiger partial charge in [0.2, 0.25) is 0 Å². The van der Waals surface area contributed by atoms with Crippen LogP contribution in [-0.2, 0) is 12.8 Å². The molecule has 2 rings (SSSR count). The fourth-order valence-corrected chi connectivity index (χ4v) is 2.79. The van der Waals surface area contributed by atoms with Crippen LogP contribution in [0.4, 0.5) is 0 Å². The van der Waals surface area contributed by atoms with Gasteiger partial charge < -0.3 is 16.0 Å². The van der Waals surface area contributed by atoms with Gasteiger partial charge in [-0.1, -0.05) is 35.9 Å². The molecule has 0 unspecified atom stereocenters. The molecule has 146 valence electrons. The number of carbonyl (C=O) groups excluding carboxylic acids is 1. The van der Waals surface area contributed by atoms with Crippen LogP contribution in [0.1, 0.15) is 21.5 Å². The molecule has 0 radical (unpaired) electrons. The smallest absolute Gasteiger partial charge is 0.251 e. The van der Waals surface area contributed by atoms with Crippen LogP contribution in [0.25, 0.3) is 0 Å². The summed E-state index contributed by atoms with van der Waals surface area (Å²) in [7, 11) is 3.39. The van der Waals surface area contributed by atoms with Crippen molar-refractivity contribution in [2.75, 3.05) is 27.2 Å². The van der Waals surface area contributed by atoms with E-state index < -0.39 is 0 Å². The van der Waals surface area contributed by atoms with E-state index in [2.05, 4.69) is 27.0 Å². The predicted molar refractivity (Wildman–Crippen MR) is 123 cm³/mol. The molecular weight excluding hydrogens is 475 g/mol. The molecule has 27 heavy (non-hydrogen) atoms. The van der Waals surface area contributed by atoms with E-state index in [0.717, 1.165) is 42.5 Å². The molecule has 0 bridgehead atoms. The zero-order valence-corrected chi connectivity index (χ0v) is 18.7. The second kappa shape index (κ2) is 12.6. The van der Waals surface area contributed by atoms with Gasteiger partial charge in [0.25, 0.3) is 5.91 Å². The largest absolute Gasteiger partial charge is 0.356 e. The predicted octanol–water partition coefficient (Wildman–Crippen LogP) is 3.27. The van der Waals surface area contributed by atoms with Gasteiger partial charge in [0.05, 0.1) is 0 Å². The van der Waals surface area contributed by atoms with Crippen LogP contribution in [0.2, 0.25) is 5.02 Å². The third-order valence-electron chi connectivity index (χ3n) is 3.94. The van der Waals surface area contributed by atoms with Crippen molar-refractivity contribution in [2.45, 2.75) is 12.8 Å². The van der Waals surface area contributed by atoms with E-state index in [1.54, 1.807) is 14.1 Å². The zero-order valence-electron chi connectivity index (χ0n) is 15.6. The van der Waals surface area contributed by atoms with E-state index in [-0.39, 0.29) is 29.9 Å². The summed E-state index contributed by atoms with van der Waals surface area (Å²) in [5, 5.41) is 9.98. The minimum absolute atomic E-state index is 0. The van der Waals surface area contributed by atoms with Crippen LogP contribution in [-0.4, -0.2) is 39.1 Å². The number of nitrogens with one attached hydrogen (secondary N) is 3. The van der Waals surface area contributed by atoms with Gasteiger partial charge in [-0.05, 0) is 48.2 Å². The lowest BCUT2D eigenvalue weighted by Crippen LogP contribution is -2.39. The molecule has 0 atom stereocenters. The lowest BCUT2D eigenvalue weighted by molar-refractivity contribution is 0.0963. The van der Waals surface area contributed by atoms with E-state index in [4.69, 9.17) is 11.6 Å². The number of carbonyl (C=O) groups is 1. The Bertz CT molecular complexity index is 767. The summed E-state index contributed by atoms with van der Waals surface area (Å²) >= 11 is 6.00. The average molecular weight is 501 g/mol. The first-order chi connectivity index (χ1) is 12.6. The van der Waals surface area contributed by atoms with Gasteiger partial charge in [-0.3, -0.25) is 9.79 Å². The van der Waals surface area contributed by atoms with Gasteiger partial charge in [0.1, 0.15) is 0 Å². The Balaban J connectivity index is 0.00000364. The Labute approximate surface area is 183 Å². The van der Waals surface area contributed by atoms with Crippen molar-refractivity contribution in [1.82, 2.24) is 16.0 Å². The third kappa shape index (κ3) is 8.17. The molecule has 7 heteroatoms. The number of benzene rings is 2. The highest BCUT2D eigenvalue weighted by Gasteiger charge is 2.04. The average Bonchev–Trinajstić information content (AvgIpc) is 2.66. The van der Waals surface area contributed by atoms with Crippen LogP contribution in [0.15, 0.2) is 53.5 Å². The minimum Gasteiger partial charge on any atom is -0.356 e. The molecule has 0 heterocycles. The fraction of sp³-hybridized carbons (Fsp3) is 0.300. The van der Waals surface area contributed by atoms with Gasteiger partial charge in [-0.25, -0.2) is 0 Å². The number of rotatable bonds is 7. The van der Waals surface area contributed by atoms with E-state index in [0.29, 0.717) is 5.56 Å². The topological polar surface area (TPSA) is 65.5 Å². The molecule has 2 aromatic rings. The summed E-state index contributed by atoms with van der Waals surface area (Å²) in [5.41, 5.74) is 2.97. The summed E-state index contributed by atoms with van der Waals surface area (Å²) in [6, 6.07) is 15.5. The monoisotopic (exact) mass is 500 g/mol. The lowest BCUT2D eigenvalue weighted by atomic mass is 10.1. The molecule has 1 amide bonds. The number of nitrogens with zero attached hydrogens (tertiary/aromatic N) is 1. The van der Waals surface area contributed by atoms with Crippen LogP contribution in [0.5, 0.6) is 0 Å². The Kier molecular flexibility index (Phi) is 10.8. The zero-order chi connectivity index (χ0) is 18.8. The van der Waals surface area contributed by atoms with Crippen LogP contribution in [0, 0.1) is 0 Å². The number of hydrogen-bond acceptors (Lipinski definition) is 2. The number of hydrogen-bond donors (Lipinski definition) is 3. The van der Waals surface area contributed by atoms with Crippen molar-refractivity contribution in [3.63, 3.8) is 0 Å². The quantitative estimate of drug-likeness (QED) is 0.311. The molecular formula is C20H26ClIN4O. The molecule has 0 aromatic heterocycles. The molecule has 0 spiro atoms. The first-order valence-electron chi connectivity index (χ1n) is 8.62. The van der Waals surface area contributed by atoms with E-state index >= 15 is 0 Å². The minimum atomic E-state index is -0.0710. The molecule has 0 saturated heterocycles. The Morgan fingerprint density at radius 1 is 1.00 bits per heavy atom. The first kappa shape index (κ1) is 23.2. The summed E-state index contributed by atoms with van der Waals surface area (Å²) < 4.78 is 0. The standard InChI is InChI=1S/C20H25ClN4O.HI/c1-22-19(26)17-7-3-5-15(13-17)9-11-24-20(23-2)25-12-10-16-6-4-8-18(21)14-16;/h3-8,13-14H,9-12H2,1-2H3,(H,22,26)(H2,23,24,25);1H. The second-order valence-corrected chi connectivity index (χ2v) is 6.27. The van der Waals surface area contributed by atoms with Crippen LogP contribution in [0.3, 0.4) is 0 Å². The molecule has 0 aliphatic heterocycles. The molecule has 5 nitrogen and oxygen atoms in total. The Hall–Kier alpha value is -1.80. The van der Waals surface area contributed by atoms with Crippen molar-refractivity contribution in [3.8, 4) is 0 Å². The van der Waals surface area contributed by atoms with Gasteiger partial charge in [0, 0.05) is 37.8 Å². The number of amides is 1. The van der Waals surface area contributed by atoms with Crippen LogP contribution >= 0.6 is 35.6 Å². The number of halogens is 2.